The van der Waals surface area contributed by atoms with Crippen LogP contribution < -0.4 is 5.32 Å². The summed E-state index contributed by atoms with van der Waals surface area (Å²) < 4.78 is 1.73. The van der Waals surface area contributed by atoms with E-state index in [0.29, 0.717) is 5.56 Å². The molecule has 1 N–H and O–H groups in total. The first-order valence-corrected chi connectivity index (χ1v) is 7.01. The molecule has 1 heterocycles. The second-order valence-electron chi connectivity index (χ2n) is 5.23. The van der Waals surface area contributed by atoms with Crippen molar-refractivity contribution in [1.29, 1.82) is 0 Å². The molecule has 1 aromatic heterocycles. The average Bonchev–Trinajstić information content (AvgIpc) is 2.87. The normalized spacial score (nSPS) is 10.4. The Morgan fingerprint density at radius 1 is 1.32 bits per heavy atom. The molecule has 6 nitrogen and oxygen atoms in total. The van der Waals surface area contributed by atoms with Gasteiger partial charge in [0.2, 0.25) is 5.91 Å². The second kappa shape index (κ2) is 6.43. The number of likely N-dealkylation sites (N-methyl/N-ethyl adjacent to an activating group) is 2. The molecule has 6 heteroatoms. The maximum atomic E-state index is 12.4. The summed E-state index contributed by atoms with van der Waals surface area (Å²) >= 11 is 0. The van der Waals surface area contributed by atoms with Gasteiger partial charge >= 0.3 is 0 Å². The van der Waals surface area contributed by atoms with Crippen molar-refractivity contribution in [3.8, 4) is 5.69 Å². The lowest BCUT2D eigenvalue weighted by atomic mass is 10.2. The van der Waals surface area contributed by atoms with Crippen LogP contribution in [0.3, 0.4) is 0 Å². The van der Waals surface area contributed by atoms with Crippen LogP contribution in [-0.4, -0.2) is 47.1 Å². The zero-order valence-electron chi connectivity index (χ0n) is 13.3. The Bertz CT molecular complexity index is 706. The van der Waals surface area contributed by atoms with Crippen molar-refractivity contribution in [2.45, 2.75) is 13.8 Å². The molecule has 0 radical (unpaired) electrons. The van der Waals surface area contributed by atoms with Gasteiger partial charge in [0.15, 0.2) is 0 Å². The summed E-state index contributed by atoms with van der Waals surface area (Å²) in [6.45, 7) is 3.87. The first-order valence-electron chi connectivity index (χ1n) is 7.01. The topological polar surface area (TPSA) is 67.2 Å². The van der Waals surface area contributed by atoms with Gasteiger partial charge in [-0.15, -0.1) is 0 Å². The number of hydrogen-bond donors (Lipinski definition) is 1. The zero-order chi connectivity index (χ0) is 16.3. The SMILES string of the molecule is CNC(=O)CN(C)C(=O)c1cnn(-c2cccc(C)c2)c1C. The molecule has 0 aliphatic carbocycles. The van der Waals surface area contributed by atoms with Crippen molar-refractivity contribution in [3.05, 3.63) is 47.3 Å². The number of benzene rings is 1. The fraction of sp³-hybridized carbons (Fsp3) is 0.312. The number of hydrogen-bond acceptors (Lipinski definition) is 3. The highest BCUT2D eigenvalue weighted by molar-refractivity contribution is 5.97. The standard InChI is InChI=1S/C16H20N4O2/c1-11-6-5-7-13(8-11)20-12(2)14(9-18-20)16(22)19(4)10-15(21)17-3/h5-9H,10H2,1-4H3,(H,17,21). The molecule has 2 amide bonds. The number of nitrogens with zero attached hydrogens (tertiary/aromatic N) is 3. The van der Waals surface area contributed by atoms with Gasteiger partial charge in [-0.2, -0.15) is 5.10 Å². The maximum Gasteiger partial charge on any atom is 0.257 e. The molecular weight excluding hydrogens is 280 g/mol. The summed E-state index contributed by atoms with van der Waals surface area (Å²) in [6, 6.07) is 7.90. The van der Waals surface area contributed by atoms with Crippen LogP contribution in [0, 0.1) is 13.8 Å². The number of rotatable bonds is 4. The Balaban J connectivity index is 2.27. The van der Waals surface area contributed by atoms with Crippen LogP contribution in [0.5, 0.6) is 0 Å². The van der Waals surface area contributed by atoms with E-state index in [2.05, 4.69) is 10.4 Å². The highest BCUT2D eigenvalue weighted by atomic mass is 16.2. The van der Waals surface area contributed by atoms with Crippen LogP contribution in [0.1, 0.15) is 21.6 Å². The second-order valence-corrected chi connectivity index (χ2v) is 5.23. The third-order valence-electron chi connectivity index (χ3n) is 3.49. The fourth-order valence-electron chi connectivity index (χ4n) is 2.21. The lowest BCUT2D eigenvalue weighted by Crippen LogP contribution is -2.37. The Labute approximate surface area is 129 Å². The van der Waals surface area contributed by atoms with Crippen LogP contribution in [0.25, 0.3) is 5.69 Å². The molecule has 1 aromatic carbocycles. The van der Waals surface area contributed by atoms with Gasteiger partial charge in [0.1, 0.15) is 0 Å². The van der Waals surface area contributed by atoms with E-state index < -0.39 is 0 Å². The van der Waals surface area contributed by atoms with Gasteiger partial charge in [0.25, 0.3) is 5.91 Å². The third-order valence-corrected chi connectivity index (χ3v) is 3.49. The Morgan fingerprint density at radius 2 is 2.05 bits per heavy atom. The highest BCUT2D eigenvalue weighted by Gasteiger charge is 2.20. The minimum absolute atomic E-state index is 0.0183. The number of carbonyl (C=O) groups is 2. The summed E-state index contributed by atoms with van der Waals surface area (Å²) in [7, 11) is 3.14. The van der Waals surface area contributed by atoms with Crippen LogP contribution >= 0.6 is 0 Å². The van der Waals surface area contributed by atoms with Gasteiger partial charge in [0.05, 0.1) is 29.7 Å². The molecule has 2 aromatic rings. The van der Waals surface area contributed by atoms with Gasteiger partial charge < -0.3 is 10.2 Å². The predicted octanol–water partition coefficient (Wildman–Crippen LogP) is 1.31. The number of aryl methyl sites for hydroxylation is 1. The molecule has 116 valence electrons. The summed E-state index contributed by atoms with van der Waals surface area (Å²) in [4.78, 5) is 25.2. The molecule has 0 spiro atoms. The average molecular weight is 300 g/mol. The van der Waals surface area contributed by atoms with E-state index in [4.69, 9.17) is 0 Å². The Kier molecular flexibility index (Phi) is 4.60. The van der Waals surface area contributed by atoms with Crippen molar-refractivity contribution in [2.24, 2.45) is 0 Å². The molecule has 0 atom stereocenters. The van der Waals surface area contributed by atoms with E-state index in [0.717, 1.165) is 16.9 Å². The van der Waals surface area contributed by atoms with Crippen LogP contribution in [0.15, 0.2) is 30.5 Å². The van der Waals surface area contributed by atoms with Gasteiger partial charge in [-0.25, -0.2) is 4.68 Å². The van der Waals surface area contributed by atoms with E-state index in [1.807, 2.05) is 38.1 Å². The molecule has 0 unspecified atom stereocenters. The van der Waals surface area contributed by atoms with Gasteiger partial charge in [-0.1, -0.05) is 12.1 Å². The summed E-state index contributed by atoms with van der Waals surface area (Å²) in [6.07, 6.45) is 1.54. The zero-order valence-corrected chi connectivity index (χ0v) is 13.3. The molecule has 2 rings (SSSR count). The number of carbonyl (C=O) groups excluding carboxylic acids is 2. The highest BCUT2D eigenvalue weighted by Crippen LogP contribution is 2.16. The quantitative estimate of drug-likeness (QED) is 0.925. The molecule has 22 heavy (non-hydrogen) atoms. The van der Waals surface area contributed by atoms with E-state index in [9.17, 15) is 9.59 Å². The van der Waals surface area contributed by atoms with Crippen molar-refractivity contribution >= 4 is 11.8 Å². The lowest BCUT2D eigenvalue weighted by molar-refractivity contribution is -0.121. The number of aromatic nitrogens is 2. The first kappa shape index (κ1) is 15.8. The van der Waals surface area contributed by atoms with Crippen LogP contribution in [0.2, 0.25) is 0 Å². The monoisotopic (exact) mass is 300 g/mol. The summed E-state index contributed by atoms with van der Waals surface area (Å²) in [5.41, 5.74) is 3.27. The van der Waals surface area contributed by atoms with Crippen molar-refractivity contribution < 1.29 is 9.59 Å². The Morgan fingerprint density at radius 3 is 2.68 bits per heavy atom. The molecule has 0 fully saturated rings. The maximum absolute atomic E-state index is 12.4. The van der Waals surface area contributed by atoms with Crippen LogP contribution in [0.4, 0.5) is 0 Å². The third kappa shape index (κ3) is 3.16. The van der Waals surface area contributed by atoms with Gasteiger partial charge in [0, 0.05) is 14.1 Å². The minimum atomic E-state index is -0.222. The van der Waals surface area contributed by atoms with E-state index in [-0.39, 0.29) is 18.4 Å². The molecule has 0 aliphatic heterocycles. The van der Waals surface area contributed by atoms with Gasteiger partial charge in [-0.3, -0.25) is 9.59 Å². The van der Waals surface area contributed by atoms with Gasteiger partial charge in [-0.05, 0) is 31.5 Å². The molecular formula is C16H20N4O2. The first-order chi connectivity index (χ1) is 10.4. The van der Waals surface area contributed by atoms with Crippen molar-refractivity contribution in [2.75, 3.05) is 20.6 Å². The van der Waals surface area contributed by atoms with E-state index >= 15 is 0 Å². The van der Waals surface area contributed by atoms with Crippen molar-refractivity contribution in [1.82, 2.24) is 20.0 Å². The lowest BCUT2D eigenvalue weighted by Gasteiger charge is -2.15. The smallest absolute Gasteiger partial charge is 0.257 e. The molecule has 0 saturated carbocycles. The fourth-order valence-corrected chi connectivity index (χ4v) is 2.21. The van der Waals surface area contributed by atoms with E-state index in [1.165, 1.54) is 4.90 Å². The predicted molar refractivity (Wildman–Crippen MR) is 84.1 cm³/mol. The van der Waals surface area contributed by atoms with E-state index in [1.54, 1.807) is 25.0 Å². The van der Waals surface area contributed by atoms with Crippen LogP contribution in [-0.2, 0) is 4.79 Å². The number of amides is 2. The largest absolute Gasteiger partial charge is 0.358 e. The molecule has 0 saturated heterocycles. The summed E-state index contributed by atoms with van der Waals surface area (Å²) in [5.74, 6) is -0.431. The Hall–Kier alpha value is -2.63. The summed E-state index contributed by atoms with van der Waals surface area (Å²) in [5, 5.41) is 6.80. The minimum Gasteiger partial charge on any atom is -0.358 e. The number of nitrogens with one attached hydrogen (secondary N) is 1. The molecule has 0 bridgehead atoms. The molecule has 0 aliphatic rings. The van der Waals surface area contributed by atoms with Crippen molar-refractivity contribution in [3.63, 3.8) is 0 Å².